The van der Waals surface area contributed by atoms with Gasteiger partial charge in [0.15, 0.2) is 12.4 Å². The topological polar surface area (TPSA) is 84.7 Å². The van der Waals surface area contributed by atoms with Gasteiger partial charge >= 0.3 is 0 Å². The molecule has 2 aliphatic rings. The summed E-state index contributed by atoms with van der Waals surface area (Å²) in [6.07, 6.45) is 0.702. The average molecular weight is 439 g/mol. The number of rotatable bonds is 2. The number of nitrogens with zero attached hydrogens (tertiary/aromatic N) is 2. The summed E-state index contributed by atoms with van der Waals surface area (Å²) < 4.78 is 6.28. The van der Waals surface area contributed by atoms with E-state index < -0.39 is 4.92 Å². The molecule has 0 unspecified atom stereocenters. The molecule has 26 heavy (non-hydrogen) atoms. The number of nitro groups is 1. The molecule has 0 aliphatic carbocycles. The summed E-state index contributed by atoms with van der Waals surface area (Å²) >= 11 is 9.88. The van der Waals surface area contributed by atoms with E-state index in [1.165, 1.54) is 6.07 Å². The Labute approximate surface area is 162 Å². The van der Waals surface area contributed by atoms with E-state index in [9.17, 15) is 14.9 Å². The number of nitro benzene ring substituents is 1. The molecule has 2 aromatic rings. The van der Waals surface area contributed by atoms with Crippen molar-refractivity contribution in [2.45, 2.75) is 13.0 Å². The van der Waals surface area contributed by atoms with Gasteiger partial charge in [0.1, 0.15) is 5.69 Å². The number of hydrogen-bond donors (Lipinski definition) is 1. The van der Waals surface area contributed by atoms with Crippen molar-refractivity contribution in [2.75, 3.05) is 23.4 Å². The molecule has 0 atom stereocenters. The molecule has 7 nitrogen and oxygen atoms in total. The second-order valence-corrected chi connectivity index (χ2v) is 7.35. The third-order valence-electron chi connectivity index (χ3n) is 4.54. The molecule has 2 aromatic carbocycles. The van der Waals surface area contributed by atoms with Gasteiger partial charge < -0.3 is 15.0 Å². The number of ether oxygens (including phenoxy) is 1. The van der Waals surface area contributed by atoms with Gasteiger partial charge in [0.2, 0.25) is 0 Å². The van der Waals surface area contributed by atoms with E-state index in [1.54, 1.807) is 6.07 Å². The van der Waals surface area contributed by atoms with Crippen LogP contribution in [0.1, 0.15) is 11.1 Å². The first-order valence-corrected chi connectivity index (χ1v) is 9.07. The largest absolute Gasteiger partial charge is 0.481 e. The third-order valence-corrected chi connectivity index (χ3v) is 5.64. The molecule has 0 radical (unpaired) electrons. The van der Waals surface area contributed by atoms with Gasteiger partial charge in [-0.2, -0.15) is 0 Å². The molecule has 0 aromatic heterocycles. The summed E-state index contributed by atoms with van der Waals surface area (Å²) in [5.74, 6) is 0.0199. The number of fused-ring (bicyclic) bond motifs is 2. The molecule has 0 spiro atoms. The number of anilines is 2. The van der Waals surface area contributed by atoms with Crippen LogP contribution in [0.4, 0.5) is 17.1 Å². The second kappa shape index (κ2) is 6.44. The Morgan fingerprint density at radius 2 is 2.12 bits per heavy atom. The number of hydrogen-bond acceptors (Lipinski definition) is 5. The molecule has 4 rings (SSSR count). The van der Waals surface area contributed by atoms with Crippen LogP contribution in [0.25, 0.3) is 0 Å². The highest BCUT2D eigenvalue weighted by molar-refractivity contribution is 9.10. The molecular formula is C17H13BrClN3O4. The minimum atomic E-state index is -0.437. The summed E-state index contributed by atoms with van der Waals surface area (Å²) in [6.45, 7) is 0.895. The van der Waals surface area contributed by atoms with Crippen molar-refractivity contribution >= 4 is 50.5 Å². The summed E-state index contributed by atoms with van der Waals surface area (Å²) in [4.78, 5) is 24.6. The normalized spacial score (nSPS) is 15.6. The van der Waals surface area contributed by atoms with Gasteiger partial charge in [-0.3, -0.25) is 14.9 Å². The first-order valence-electron chi connectivity index (χ1n) is 7.90. The maximum atomic E-state index is 11.6. The van der Waals surface area contributed by atoms with Gasteiger partial charge in [-0.25, -0.2) is 0 Å². The van der Waals surface area contributed by atoms with Gasteiger partial charge in [0.05, 0.1) is 16.7 Å². The highest BCUT2D eigenvalue weighted by Gasteiger charge is 2.29. The van der Waals surface area contributed by atoms with Crippen molar-refractivity contribution in [1.29, 1.82) is 0 Å². The number of amides is 1. The zero-order valence-corrected chi connectivity index (χ0v) is 15.8. The van der Waals surface area contributed by atoms with E-state index in [1.807, 2.05) is 17.0 Å². The molecule has 2 aliphatic heterocycles. The fraction of sp³-hybridized carbons (Fsp3) is 0.235. The molecule has 2 heterocycles. The molecule has 0 fully saturated rings. The number of benzene rings is 2. The first kappa shape index (κ1) is 17.1. The van der Waals surface area contributed by atoms with Gasteiger partial charge in [0.25, 0.3) is 11.6 Å². The van der Waals surface area contributed by atoms with Crippen molar-refractivity contribution in [2.24, 2.45) is 0 Å². The maximum Gasteiger partial charge on any atom is 0.296 e. The number of nitrogens with one attached hydrogen (secondary N) is 1. The standard InChI is InChI=1S/C17H13BrClN3O4/c18-11-1-2-12(19)10-7-21(4-3-9(10)11)14-5-13-16(6-15(14)22(24)25)26-8-17(23)20-13/h1-2,5-6H,3-4,7-8H2,(H,20,23). The van der Waals surface area contributed by atoms with E-state index in [0.717, 1.165) is 15.6 Å². The second-order valence-electron chi connectivity index (χ2n) is 6.09. The van der Waals surface area contributed by atoms with Crippen LogP contribution in [0.3, 0.4) is 0 Å². The molecule has 0 bridgehead atoms. The summed E-state index contributed by atoms with van der Waals surface area (Å²) in [6, 6.07) is 6.68. The Morgan fingerprint density at radius 1 is 1.31 bits per heavy atom. The number of carbonyl (C=O) groups excluding carboxylic acids is 1. The Hall–Kier alpha value is -2.32. The zero-order valence-electron chi connectivity index (χ0n) is 13.4. The van der Waals surface area contributed by atoms with Crippen molar-refractivity contribution in [3.63, 3.8) is 0 Å². The van der Waals surface area contributed by atoms with Crippen molar-refractivity contribution < 1.29 is 14.5 Å². The van der Waals surface area contributed by atoms with Crippen LogP contribution in [0.15, 0.2) is 28.7 Å². The highest BCUT2D eigenvalue weighted by atomic mass is 79.9. The first-order chi connectivity index (χ1) is 12.4. The van der Waals surface area contributed by atoms with Crippen LogP contribution in [0.2, 0.25) is 5.02 Å². The van der Waals surface area contributed by atoms with Crippen LogP contribution in [0.5, 0.6) is 5.75 Å². The number of halogens is 2. The lowest BCUT2D eigenvalue weighted by Crippen LogP contribution is -2.32. The Kier molecular flexibility index (Phi) is 4.24. The van der Waals surface area contributed by atoms with Crippen LogP contribution >= 0.6 is 27.5 Å². The molecule has 1 N–H and O–H groups in total. The SMILES string of the molecule is O=C1COc2cc([N+](=O)[O-])c(N3CCc4c(Br)ccc(Cl)c4C3)cc2N1. The zero-order chi connectivity index (χ0) is 18.4. The van der Waals surface area contributed by atoms with E-state index >= 15 is 0 Å². The quantitative estimate of drug-likeness (QED) is 0.568. The van der Waals surface area contributed by atoms with Crippen molar-refractivity contribution in [3.05, 3.63) is 55.0 Å². The molecule has 134 valence electrons. The maximum absolute atomic E-state index is 11.6. The summed E-state index contributed by atoms with van der Waals surface area (Å²) in [7, 11) is 0. The lowest BCUT2D eigenvalue weighted by atomic mass is 9.99. The Morgan fingerprint density at radius 3 is 2.88 bits per heavy atom. The van der Waals surface area contributed by atoms with Gasteiger partial charge in [-0.15, -0.1) is 0 Å². The smallest absolute Gasteiger partial charge is 0.296 e. The molecule has 1 amide bonds. The van der Waals surface area contributed by atoms with E-state index in [-0.39, 0.29) is 18.2 Å². The Bertz CT molecular complexity index is 950. The van der Waals surface area contributed by atoms with Gasteiger partial charge in [0, 0.05) is 22.6 Å². The molecule has 9 heteroatoms. The van der Waals surface area contributed by atoms with Crippen molar-refractivity contribution in [1.82, 2.24) is 0 Å². The number of carbonyl (C=O) groups is 1. The average Bonchev–Trinajstić information content (AvgIpc) is 2.63. The van der Waals surface area contributed by atoms with Crippen LogP contribution in [-0.4, -0.2) is 24.0 Å². The van der Waals surface area contributed by atoms with Gasteiger partial charge in [-0.1, -0.05) is 27.5 Å². The fourth-order valence-electron chi connectivity index (χ4n) is 3.30. The molecular weight excluding hydrogens is 426 g/mol. The van der Waals surface area contributed by atoms with E-state index in [0.29, 0.717) is 41.7 Å². The lowest BCUT2D eigenvalue weighted by Gasteiger charge is -2.32. The molecule has 0 saturated heterocycles. The molecule has 0 saturated carbocycles. The predicted molar refractivity (Wildman–Crippen MR) is 101 cm³/mol. The van der Waals surface area contributed by atoms with Crippen LogP contribution in [-0.2, 0) is 17.8 Å². The van der Waals surface area contributed by atoms with Crippen LogP contribution in [0, 0.1) is 10.1 Å². The van der Waals surface area contributed by atoms with Crippen molar-refractivity contribution in [3.8, 4) is 5.75 Å². The minimum Gasteiger partial charge on any atom is -0.481 e. The monoisotopic (exact) mass is 437 g/mol. The van der Waals surface area contributed by atoms with E-state index in [4.69, 9.17) is 16.3 Å². The highest BCUT2D eigenvalue weighted by Crippen LogP contribution is 2.42. The Balaban J connectivity index is 1.78. The summed E-state index contributed by atoms with van der Waals surface area (Å²) in [5.41, 5.74) is 2.87. The lowest BCUT2D eigenvalue weighted by molar-refractivity contribution is -0.384. The van der Waals surface area contributed by atoms with E-state index in [2.05, 4.69) is 21.2 Å². The van der Waals surface area contributed by atoms with Crippen LogP contribution < -0.4 is 15.0 Å². The van der Waals surface area contributed by atoms with Gasteiger partial charge in [-0.05, 0) is 35.7 Å². The summed E-state index contributed by atoms with van der Waals surface area (Å²) in [5, 5.41) is 14.9. The fourth-order valence-corrected chi connectivity index (χ4v) is 4.11. The predicted octanol–water partition coefficient (Wildman–Crippen LogP) is 3.90. The third kappa shape index (κ3) is 2.89. The minimum absolute atomic E-state index is 0.0607.